The van der Waals surface area contributed by atoms with E-state index < -0.39 is 11.5 Å². The maximum Gasteiger partial charge on any atom is 0.349 e. The zero-order valence-corrected chi connectivity index (χ0v) is 13.1. The number of rotatable bonds is 3. The highest BCUT2D eigenvalue weighted by molar-refractivity contribution is 6.05. The lowest BCUT2D eigenvalue weighted by atomic mass is 10.1. The predicted molar refractivity (Wildman–Crippen MR) is 91.0 cm³/mol. The van der Waals surface area contributed by atoms with Crippen LogP contribution in [0.15, 0.2) is 57.7 Å². The zero-order chi connectivity index (χ0) is 16.4. The highest BCUT2D eigenvalue weighted by Crippen LogP contribution is 2.19. The third kappa shape index (κ3) is 2.88. The van der Waals surface area contributed by atoms with E-state index in [1.165, 1.54) is 0 Å². The molecule has 4 heteroatoms. The average Bonchev–Trinajstić information content (AvgIpc) is 2.55. The van der Waals surface area contributed by atoms with Crippen molar-refractivity contribution in [2.75, 3.05) is 5.32 Å². The highest BCUT2D eigenvalue weighted by Gasteiger charge is 2.15. The molecule has 3 rings (SSSR count). The van der Waals surface area contributed by atoms with Gasteiger partial charge >= 0.3 is 5.63 Å². The Bertz CT molecular complexity index is 941. The Hall–Kier alpha value is -2.88. The van der Waals surface area contributed by atoms with E-state index in [1.54, 1.807) is 6.07 Å². The molecule has 0 aliphatic heterocycles. The summed E-state index contributed by atoms with van der Waals surface area (Å²) in [7, 11) is 0. The van der Waals surface area contributed by atoms with Gasteiger partial charge in [0, 0.05) is 11.1 Å². The van der Waals surface area contributed by atoms with Crippen molar-refractivity contribution in [3.63, 3.8) is 0 Å². The maximum absolute atomic E-state index is 12.5. The molecule has 0 aliphatic carbocycles. The second-order valence-electron chi connectivity index (χ2n) is 5.41. The quantitative estimate of drug-likeness (QED) is 0.746. The van der Waals surface area contributed by atoms with Crippen LogP contribution in [0, 0.1) is 6.92 Å². The largest absolute Gasteiger partial charge is 0.422 e. The van der Waals surface area contributed by atoms with Gasteiger partial charge in [0.25, 0.3) is 5.91 Å². The van der Waals surface area contributed by atoms with Crippen LogP contribution in [0.1, 0.15) is 28.4 Å². The number of carbonyl (C=O) groups excluding carboxylic acids is 1. The molecule has 0 radical (unpaired) electrons. The molecule has 1 aromatic heterocycles. The van der Waals surface area contributed by atoms with Crippen LogP contribution in [0.3, 0.4) is 0 Å². The van der Waals surface area contributed by atoms with Gasteiger partial charge in [0.15, 0.2) is 0 Å². The minimum Gasteiger partial charge on any atom is -0.422 e. The fourth-order valence-corrected chi connectivity index (χ4v) is 2.59. The van der Waals surface area contributed by atoms with E-state index >= 15 is 0 Å². The van der Waals surface area contributed by atoms with Crippen LogP contribution in [-0.4, -0.2) is 5.91 Å². The number of aryl methyl sites for hydroxylation is 2. The van der Waals surface area contributed by atoms with E-state index in [2.05, 4.69) is 5.32 Å². The molecule has 23 heavy (non-hydrogen) atoms. The van der Waals surface area contributed by atoms with Gasteiger partial charge in [0.05, 0.1) is 0 Å². The molecule has 1 heterocycles. The van der Waals surface area contributed by atoms with Crippen molar-refractivity contribution in [2.45, 2.75) is 20.3 Å². The standard InChI is InChI=1S/C19H17NO3/c1-3-13-8-4-5-10-16(13)20-18(21)15-11-14-9-6-7-12(2)17(14)23-19(15)22/h4-11H,3H2,1-2H3,(H,20,21). The van der Waals surface area contributed by atoms with Crippen molar-refractivity contribution in [2.24, 2.45) is 0 Å². The molecule has 0 atom stereocenters. The van der Waals surface area contributed by atoms with Gasteiger partial charge in [-0.05, 0) is 36.6 Å². The highest BCUT2D eigenvalue weighted by atomic mass is 16.4. The minimum absolute atomic E-state index is 0.00834. The molecule has 1 N–H and O–H groups in total. The molecule has 0 saturated carbocycles. The second kappa shape index (κ2) is 6.08. The Kier molecular flexibility index (Phi) is 3.98. The smallest absolute Gasteiger partial charge is 0.349 e. The number of amides is 1. The Labute approximate surface area is 133 Å². The Balaban J connectivity index is 2.01. The number of para-hydroxylation sites is 2. The lowest BCUT2D eigenvalue weighted by molar-refractivity contribution is 0.102. The molecule has 0 saturated heterocycles. The van der Waals surface area contributed by atoms with Crippen molar-refractivity contribution in [1.29, 1.82) is 0 Å². The van der Waals surface area contributed by atoms with Gasteiger partial charge < -0.3 is 9.73 Å². The average molecular weight is 307 g/mol. The molecule has 4 nitrogen and oxygen atoms in total. The Morgan fingerprint density at radius 2 is 1.91 bits per heavy atom. The first-order valence-electron chi connectivity index (χ1n) is 7.53. The number of nitrogens with one attached hydrogen (secondary N) is 1. The van der Waals surface area contributed by atoms with E-state index in [0.29, 0.717) is 11.3 Å². The molecule has 0 fully saturated rings. The van der Waals surface area contributed by atoms with Gasteiger partial charge in [-0.25, -0.2) is 4.79 Å². The van der Waals surface area contributed by atoms with Crippen LogP contribution in [-0.2, 0) is 6.42 Å². The number of carbonyl (C=O) groups is 1. The molecule has 0 aliphatic rings. The van der Waals surface area contributed by atoms with E-state index in [4.69, 9.17) is 4.42 Å². The van der Waals surface area contributed by atoms with Crippen LogP contribution < -0.4 is 10.9 Å². The number of benzene rings is 2. The molecular formula is C19H17NO3. The first kappa shape index (κ1) is 15.0. The fourth-order valence-electron chi connectivity index (χ4n) is 2.59. The van der Waals surface area contributed by atoms with Gasteiger partial charge in [0.2, 0.25) is 0 Å². The van der Waals surface area contributed by atoms with Crippen LogP contribution in [0.4, 0.5) is 5.69 Å². The lowest BCUT2D eigenvalue weighted by Gasteiger charge is -2.09. The lowest BCUT2D eigenvalue weighted by Crippen LogP contribution is -2.21. The summed E-state index contributed by atoms with van der Waals surface area (Å²) < 4.78 is 5.32. The number of hydrogen-bond acceptors (Lipinski definition) is 3. The first-order valence-corrected chi connectivity index (χ1v) is 7.53. The molecule has 0 bridgehead atoms. The summed E-state index contributed by atoms with van der Waals surface area (Å²) in [5, 5.41) is 3.53. The third-order valence-electron chi connectivity index (χ3n) is 3.85. The van der Waals surface area contributed by atoms with Crippen molar-refractivity contribution in [3.8, 4) is 0 Å². The van der Waals surface area contributed by atoms with Crippen LogP contribution >= 0.6 is 0 Å². The maximum atomic E-state index is 12.5. The Morgan fingerprint density at radius 3 is 2.70 bits per heavy atom. The summed E-state index contributed by atoms with van der Waals surface area (Å²) in [5.74, 6) is -0.456. The van der Waals surface area contributed by atoms with Gasteiger partial charge in [0.1, 0.15) is 11.1 Å². The van der Waals surface area contributed by atoms with Crippen molar-refractivity contribution in [1.82, 2.24) is 0 Å². The first-order chi connectivity index (χ1) is 11.1. The molecule has 3 aromatic rings. The fraction of sp³-hybridized carbons (Fsp3) is 0.158. The van der Waals surface area contributed by atoms with Crippen molar-refractivity contribution < 1.29 is 9.21 Å². The van der Waals surface area contributed by atoms with E-state index in [-0.39, 0.29) is 5.56 Å². The second-order valence-corrected chi connectivity index (χ2v) is 5.41. The summed E-state index contributed by atoms with van der Waals surface area (Å²) in [6.45, 7) is 3.88. The van der Waals surface area contributed by atoms with E-state index in [1.807, 2.05) is 56.3 Å². The molecule has 0 unspecified atom stereocenters. The summed E-state index contributed by atoms with van der Waals surface area (Å²) in [5.41, 5.74) is 2.49. The summed E-state index contributed by atoms with van der Waals surface area (Å²) >= 11 is 0. The monoisotopic (exact) mass is 307 g/mol. The predicted octanol–water partition coefficient (Wildman–Crippen LogP) is 3.92. The minimum atomic E-state index is -0.627. The molecule has 2 aromatic carbocycles. The molecule has 116 valence electrons. The topological polar surface area (TPSA) is 59.3 Å². The van der Waals surface area contributed by atoms with Gasteiger partial charge in [-0.2, -0.15) is 0 Å². The molecule has 0 spiro atoms. The summed E-state index contributed by atoms with van der Waals surface area (Å²) in [6.07, 6.45) is 0.794. The van der Waals surface area contributed by atoms with Crippen LogP contribution in [0.2, 0.25) is 0 Å². The van der Waals surface area contributed by atoms with Crippen LogP contribution in [0.5, 0.6) is 0 Å². The van der Waals surface area contributed by atoms with Gasteiger partial charge in [-0.1, -0.05) is 43.3 Å². The van der Waals surface area contributed by atoms with Crippen molar-refractivity contribution >= 4 is 22.6 Å². The van der Waals surface area contributed by atoms with E-state index in [9.17, 15) is 9.59 Å². The van der Waals surface area contributed by atoms with E-state index in [0.717, 1.165) is 22.9 Å². The number of fused-ring (bicyclic) bond motifs is 1. The van der Waals surface area contributed by atoms with Crippen molar-refractivity contribution in [3.05, 3.63) is 75.6 Å². The third-order valence-corrected chi connectivity index (χ3v) is 3.85. The number of hydrogen-bond donors (Lipinski definition) is 1. The summed E-state index contributed by atoms with van der Waals surface area (Å²) in [6, 6.07) is 14.7. The van der Waals surface area contributed by atoms with Gasteiger partial charge in [-0.15, -0.1) is 0 Å². The molecule has 1 amide bonds. The van der Waals surface area contributed by atoms with Crippen LogP contribution in [0.25, 0.3) is 11.0 Å². The Morgan fingerprint density at radius 1 is 1.13 bits per heavy atom. The normalized spacial score (nSPS) is 10.7. The summed E-state index contributed by atoms with van der Waals surface area (Å²) in [4.78, 5) is 24.6. The number of anilines is 1. The SMILES string of the molecule is CCc1ccccc1NC(=O)c1cc2cccc(C)c2oc1=O. The molecular weight excluding hydrogens is 290 g/mol. The van der Waals surface area contributed by atoms with Gasteiger partial charge in [-0.3, -0.25) is 4.79 Å². The zero-order valence-electron chi connectivity index (χ0n) is 13.1.